The zero-order valence-corrected chi connectivity index (χ0v) is 15.1. The van der Waals surface area contributed by atoms with Crippen LogP contribution in [0.2, 0.25) is 5.02 Å². The van der Waals surface area contributed by atoms with Gasteiger partial charge in [0.05, 0.1) is 18.2 Å². The van der Waals surface area contributed by atoms with Crippen molar-refractivity contribution in [2.45, 2.75) is 20.3 Å². The molecule has 0 bridgehead atoms. The van der Waals surface area contributed by atoms with Gasteiger partial charge in [-0.1, -0.05) is 18.5 Å². The number of hydrogen-bond acceptors (Lipinski definition) is 4. The van der Waals surface area contributed by atoms with Gasteiger partial charge in [0.2, 0.25) is 0 Å². The van der Waals surface area contributed by atoms with Gasteiger partial charge in [-0.05, 0) is 25.5 Å². The maximum atomic E-state index is 12.6. The lowest BCUT2D eigenvalue weighted by Gasteiger charge is -2.27. The molecule has 2 rings (SSSR count). The molecule has 0 aromatic heterocycles. The number of rotatable bonds is 6. The number of piperazine rings is 1. The fourth-order valence-electron chi connectivity index (χ4n) is 2.35. The van der Waals surface area contributed by atoms with Gasteiger partial charge in [-0.25, -0.2) is 0 Å². The predicted octanol–water partition coefficient (Wildman–Crippen LogP) is 2.99. The predicted molar refractivity (Wildman–Crippen MR) is 94.4 cm³/mol. The molecule has 0 saturated carbocycles. The molecule has 1 saturated heterocycles. The summed E-state index contributed by atoms with van der Waals surface area (Å²) >= 11 is 6.30. The standard InChI is InChI=1S/C16H23ClN2O3.ClH/c1-3-9-22-15-13(17)10-12(11-14(15)21-4-2)16(20)19-7-5-18-6-8-19;/h10-11,18H,3-9H2,1-2H3;1H. The summed E-state index contributed by atoms with van der Waals surface area (Å²) in [7, 11) is 0. The zero-order valence-electron chi connectivity index (χ0n) is 13.6. The van der Waals surface area contributed by atoms with Crippen LogP contribution in [0.15, 0.2) is 12.1 Å². The molecule has 0 unspecified atom stereocenters. The molecule has 0 radical (unpaired) electrons. The first-order chi connectivity index (χ1) is 10.7. The summed E-state index contributed by atoms with van der Waals surface area (Å²) in [6, 6.07) is 3.39. The van der Waals surface area contributed by atoms with E-state index in [0.29, 0.717) is 48.4 Å². The van der Waals surface area contributed by atoms with Gasteiger partial charge in [0.25, 0.3) is 5.91 Å². The van der Waals surface area contributed by atoms with Crippen molar-refractivity contribution in [3.8, 4) is 11.5 Å². The van der Waals surface area contributed by atoms with E-state index in [4.69, 9.17) is 21.1 Å². The quantitative estimate of drug-likeness (QED) is 0.844. The zero-order chi connectivity index (χ0) is 15.9. The van der Waals surface area contributed by atoms with Gasteiger partial charge in [-0.2, -0.15) is 0 Å². The summed E-state index contributed by atoms with van der Waals surface area (Å²) in [6.07, 6.45) is 0.878. The molecule has 0 spiro atoms. The normalized spacial score (nSPS) is 14.1. The molecule has 1 heterocycles. The Hall–Kier alpha value is -1.17. The summed E-state index contributed by atoms with van der Waals surface area (Å²) in [5.41, 5.74) is 0.541. The largest absolute Gasteiger partial charge is 0.490 e. The Kier molecular flexibility index (Phi) is 8.52. The number of amides is 1. The van der Waals surface area contributed by atoms with Gasteiger partial charge in [-0.3, -0.25) is 4.79 Å². The van der Waals surface area contributed by atoms with Crippen molar-refractivity contribution in [1.29, 1.82) is 0 Å². The highest BCUT2D eigenvalue weighted by molar-refractivity contribution is 6.32. The highest BCUT2D eigenvalue weighted by atomic mass is 35.5. The van der Waals surface area contributed by atoms with Crippen LogP contribution in [0.3, 0.4) is 0 Å². The number of halogens is 2. The monoisotopic (exact) mass is 362 g/mol. The first-order valence-electron chi connectivity index (χ1n) is 7.76. The van der Waals surface area contributed by atoms with Crippen molar-refractivity contribution in [3.05, 3.63) is 22.7 Å². The third-order valence-electron chi connectivity index (χ3n) is 3.41. The fraction of sp³-hybridized carbons (Fsp3) is 0.562. The van der Waals surface area contributed by atoms with E-state index in [2.05, 4.69) is 5.32 Å². The molecular formula is C16H24Cl2N2O3. The van der Waals surface area contributed by atoms with E-state index < -0.39 is 0 Å². The van der Waals surface area contributed by atoms with E-state index in [1.165, 1.54) is 0 Å². The number of nitrogens with one attached hydrogen (secondary N) is 1. The van der Waals surface area contributed by atoms with E-state index in [1.54, 1.807) is 12.1 Å². The highest BCUT2D eigenvalue weighted by Gasteiger charge is 2.21. The minimum Gasteiger partial charge on any atom is -0.490 e. The number of benzene rings is 1. The van der Waals surface area contributed by atoms with Crippen LogP contribution in [0.25, 0.3) is 0 Å². The number of ether oxygens (including phenoxy) is 2. The van der Waals surface area contributed by atoms with Gasteiger partial charge < -0.3 is 19.7 Å². The Labute approximate surface area is 148 Å². The molecule has 7 heteroatoms. The Bertz CT molecular complexity index is 520. The highest BCUT2D eigenvalue weighted by Crippen LogP contribution is 2.37. The lowest BCUT2D eigenvalue weighted by molar-refractivity contribution is 0.0735. The second-order valence-corrected chi connectivity index (χ2v) is 5.52. The molecule has 1 aliphatic rings. The van der Waals surface area contributed by atoms with E-state index in [-0.39, 0.29) is 18.3 Å². The molecule has 1 aromatic rings. The average Bonchev–Trinajstić information content (AvgIpc) is 2.54. The van der Waals surface area contributed by atoms with Crippen LogP contribution >= 0.6 is 24.0 Å². The maximum Gasteiger partial charge on any atom is 0.254 e. The fourth-order valence-corrected chi connectivity index (χ4v) is 2.61. The van der Waals surface area contributed by atoms with Crippen molar-refractivity contribution < 1.29 is 14.3 Å². The molecular weight excluding hydrogens is 339 g/mol. The maximum absolute atomic E-state index is 12.6. The number of nitrogens with zero attached hydrogens (tertiary/aromatic N) is 1. The van der Waals surface area contributed by atoms with Gasteiger partial charge in [0.15, 0.2) is 11.5 Å². The van der Waals surface area contributed by atoms with Gasteiger partial charge in [0.1, 0.15) is 0 Å². The van der Waals surface area contributed by atoms with Crippen molar-refractivity contribution in [1.82, 2.24) is 10.2 Å². The number of carbonyl (C=O) groups excluding carboxylic acids is 1. The molecule has 1 fully saturated rings. The van der Waals surface area contributed by atoms with Crippen LogP contribution in [0.5, 0.6) is 11.5 Å². The third kappa shape index (κ3) is 5.16. The summed E-state index contributed by atoms with van der Waals surface area (Å²) in [4.78, 5) is 14.4. The first kappa shape index (κ1) is 19.9. The summed E-state index contributed by atoms with van der Waals surface area (Å²) < 4.78 is 11.3. The van der Waals surface area contributed by atoms with Crippen LogP contribution in [-0.4, -0.2) is 50.2 Å². The van der Waals surface area contributed by atoms with Crippen molar-refractivity contribution >= 4 is 29.9 Å². The lowest BCUT2D eigenvalue weighted by Crippen LogP contribution is -2.46. The molecule has 1 amide bonds. The lowest BCUT2D eigenvalue weighted by atomic mass is 10.1. The smallest absolute Gasteiger partial charge is 0.254 e. The van der Waals surface area contributed by atoms with Crippen LogP contribution in [0.1, 0.15) is 30.6 Å². The topological polar surface area (TPSA) is 50.8 Å². The second kappa shape index (κ2) is 9.85. The summed E-state index contributed by atoms with van der Waals surface area (Å²) in [6.45, 7) is 8.00. The molecule has 1 aliphatic heterocycles. The van der Waals surface area contributed by atoms with E-state index >= 15 is 0 Å². The van der Waals surface area contributed by atoms with Crippen LogP contribution in [0, 0.1) is 0 Å². The van der Waals surface area contributed by atoms with Crippen molar-refractivity contribution in [2.24, 2.45) is 0 Å². The molecule has 1 N–H and O–H groups in total. The van der Waals surface area contributed by atoms with Gasteiger partial charge in [-0.15, -0.1) is 12.4 Å². The second-order valence-electron chi connectivity index (χ2n) is 5.11. The third-order valence-corrected chi connectivity index (χ3v) is 3.69. The Morgan fingerprint density at radius 1 is 1.26 bits per heavy atom. The van der Waals surface area contributed by atoms with Crippen molar-refractivity contribution in [3.63, 3.8) is 0 Å². The average molecular weight is 363 g/mol. The Balaban J connectivity index is 0.00000264. The summed E-state index contributed by atoms with van der Waals surface area (Å²) in [5.74, 6) is 1.02. The molecule has 130 valence electrons. The minimum atomic E-state index is -0.0219. The molecule has 23 heavy (non-hydrogen) atoms. The number of hydrogen-bond donors (Lipinski definition) is 1. The number of carbonyl (C=O) groups is 1. The van der Waals surface area contributed by atoms with E-state index in [1.807, 2.05) is 18.7 Å². The van der Waals surface area contributed by atoms with Gasteiger partial charge in [0, 0.05) is 31.7 Å². The SMILES string of the molecule is CCCOc1c(Cl)cc(C(=O)N2CCNCC2)cc1OCC.Cl. The van der Waals surface area contributed by atoms with Crippen molar-refractivity contribution in [2.75, 3.05) is 39.4 Å². The molecule has 0 atom stereocenters. The van der Waals surface area contributed by atoms with Gasteiger partial charge >= 0.3 is 0 Å². The molecule has 5 nitrogen and oxygen atoms in total. The Morgan fingerprint density at radius 2 is 1.96 bits per heavy atom. The van der Waals surface area contributed by atoms with E-state index in [0.717, 1.165) is 19.5 Å². The minimum absolute atomic E-state index is 0. The summed E-state index contributed by atoms with van der Waals surface area (Å²) in [5, 5.41) is 3.65. The first-order valence-corrected chi connectivity index (χ1v) is 8.14. The van der Waals surface area contributed by atoms with Crippen LogP contribution in [-0.2, 0) is 0 Å². The molecule has 1 aromatic carbocycles. The van der Waals surface area contributed by atoms with E-state index in [9.17, 15) is 4.79 Å². The Morgan fingerprint density at radius 3 is 2.57 bits per heavy atom. The van der Waals surface area contributed by atoms with Crippen LogP contribution in [0.4, 0.5) is 0 Å². The van der Waals surface area contributed by atoms with Crippen LogP contribution < -0.4 is 14.8 Å². The molecule has 0 aliphatic carbocycles.